The topological polar surface area (TPSA) is 116 Å². The van der Waals surface area contributed by atoms with Crippen LogP contribution in [0.2, 0.25) is 0 Å². The minimum Gasteiger partial charge on any atom is -0.393 e. The lowest BCUT2D eigenvalue weighted by Crippen LogP contribution is -2.62. The van der Waals surface area contributed by atoms with E-state index in [1.54, 1.807) is 13.8 Å². The molecule has 4 aliphatic carbocycles. The number of nitrogens with one attached hydrogen (secondary N) is 2. The zero-order valence-corrected chi connectivity index (χ0v) is 24.7. The zero-order valence-electron chi connectivity index (χ0n) is 23.9. The number of carbonyl (C=O) groups excluding carboxylic acids is 1. The SMILES string of the molecule is CC[C@H]1[C@@H](O)[C@@H]2[C@H](CC[C@]3(C)[C@@H]([C@H](C)CCNC(=O)NS(=O)(=O)C(C)C)CC[C@@H]23)[C@@]2(C)CC[C@@H](O)C[C@@H]12. The number of hydrogen-bond donors (Lipinski definition) is 4. The quantitative estimate of drug-likeness (QED) is 0.374. The molecule has 4 N–H and O–H groups in total. The molecule has 0 radical (unpaired) electrons. The normalized spacial score (nSPS) is 44.5. The van der Waals surface area contributed by atoms with Crippen molar-refractivity contribution in [2.24, 2.45) is 52.3 Å². The predicted octanol–water partition coefficient (Wildman–Crippen LogP) is 4.68. The molecule has 4 saturated carbocycles. The van der Waals surface area contributed by atoms with Gasteiger partial charge in [-0.05, 0) is 117 Å². The standard InChI is InChI=1S/C29H52N2O5S/c1-7-20-24-16-19(32)10-13-29(24,6)23-11-14-28(5)21(8-9-22(28)25(23)26(20)33)18(4)12-15-30-27(34)31-37(35,36)17(2)3/h17-26,32-33H,7-16H2,1-6H3,(H2,30,31,34)/t18-,19-,20-,21-,22+,23+,24+,25+,26-,28-,29-/m1/s1. The number of hydrogen-bond acceptors (Lipinski definition) is 5. The summed E-state index contributed by atoms with van der Waals surface area (Å²) in [7, 11) is -3.63. The van der Waals surface area contributed by atoms with Gasteiger partial charge in [0.05, 0.1) is 17.5 Å². The van der Waals surface area contributed by atoms with Gasteiger partial charge in [-0.3, -0.25) is 0 Å². The molecule has 2 amide bonds. The van der Waals surface area contributed by atoms with E-state index in [9.17, 15) is 23.4 Å². The van der Waals surface area contributed by atoms with Crippen LogP contribution in [0.1, 0.15) is 99.3 Å². The Labute approximate surface area is 225 Å². The molecular formula is C29H52N2O5S. The summed E-state index contributed by atoms with van der Waals surface area (Å²) in [6, 6.07) is -0.645. The molecule has 0 unspecified atom stereocenters. The Morgan fingerprint density at radius 3 is 2.27 bits per heavy atom. The summed E-state index contributed by atoms with van der Waals surface area (Å²) in [4.78, 5) is 12.1. The average molecular weight is 541 g/mol. The van der Waals surface area contributed by atoms with E-state index in [4.69, 9.17) is 0 Å². The van der Waals surface area contributed by atoms with Gasteiger partial charge in [0, 0.05) is 6.54 Å². The van der Waals surface area contributed by atoms with Crippen LogP contribution >= 0.6 is 0 Å². The summed E-state index contributed by atoms with van der Waals surface area (Å²) in [5, 5.41) is 24.4. The number of amides is 2. The van der Waals surface area contributed by atoms with Crippen LogP contribution in [0.3, 0.4) is 0 Å². The highest BCUT2D eigenvalue weighted by Crippen LogP contribution is 2.69. The monoisotopic (exact) mass is 540 g/mol. The summed E-state index contributed by atoms with van der Waals surface area (Å²) < 4.78 is 26.0. The van der Waals surface area contributed by atoms with Crippen LogP contribution in [0.5, 0.6) is 0 Å². The number of carbonyl (C=O) groups is 1. The lowest BCUT2D eigenvalue weighted by atomic mass is 9.41. The van der Waals surface area contributed by atoms with Crippen LogP contribution in [0.4, 0.5) is 4.79 Å². The zero-order chi connectivity index (χ0) is 27.3. The van der Waals surface area contributed by atoms with E-state index >= 15 is 0 Å². The third-order valence-electron chi connectivity index (χ3n) is 11.9. The van der Waals surface area contributed by atoms with Gasteiger partial charge in [-0.2, -0.15) is 0 Å². The van der Waals surface area contributed by atoms with E-state index in [2.05, 4.69) is 37.7 Å². The van der Waals surface area contributed by atoms with Gasteiger partial charge in [0.25, 0.3) is 0 Å². The molecule has 0 spiro atoms. The van der Waals surface area contributed by atoms with Gasteiger partial charge in [-0.15, -0.1) is 0 Å². The second-order valence-corrected chi connectivity index (χ2v) is 16.1. The number of fused-ring (bicyclic) bond motifs is 5. The number of rotatable bonds is 7. The summed E-state index contributed by atoms with van der Waals surface area (Å²) in [5.41, 5.74) is 0.392. The van der Waals surface area contributed by atoms with Crippen molar-refractivity contribution < 1.29 is 23.4 Å². The van der Waals surface area contributed by atoms with E-state index < -0.39 is 21.3 Å². The number of aliphatic hydroxyl groups excluding tert-OH is 2. The number of urea groups is 1. The Bertz CT molecular complexity index is 941. The molecule has 0 aromatic carbocycles. The molecule has 0 aliphatic heterocycles. The van der Waals surface area contributed by atoms with E-state index in [1.807, 2.05) is 0 Å². The summed E-state index contributed by atoms with van der Waals surface area (Å²) >= 11 is 0. The first-order chi connectivity index (χ1) is 17.3. The van der Waals surface area contributed by atoms with Crippen LogP contribution in [0, 0.1) is 52.3 Å². The van der Waals surface area contributed by atoms with E-state index in [1.165, 1.54) is 6.42 Å². The molecule has 4 fully saturated rings. The third kappa shape index (κ3) is 5.08. The van der Waals surface area contributed by atoms with Gasteiger partial charge in [0.15, 0.2) is 0 Å². The van der Waals surface area contributed by atoms with Crippen molar-refractivity contribution in [2.75, 3.05) is 6.54 Å². The molecule has 7 nitrogen and oxygen atoms in total. The maximum atomic E-state index is 12.1. The highest BCUT2D eigenvalue weighted by molar-refractivity contribution is 7.90. The molecule has 0 bridgehead atoms. The molecule has 0 aromatic rings. The highest BCUT2D eigenvalue weighted by Gasteiger charge is 2.64. The fourth-order valence-corrected chi connectivity index (χ4v) is 10.4. The lowest BCUT2D eigenvalue weighted by molar-refractivity contribution is -0.203. The van der Waals surface area contributed by atoms with Gasteiger partial charge < -0.3 is 15.5 Å². The second kappa shape index (κ2) is 10.6. The van der Waals surface area contributed by atoms with Crippen molar-refractivity contribution in [1.82, 2.24) is 10.0 Å². The van der Waals surface area contributed by atoms with Gasteiger partial charge in [0.2, 0.25) is 10.0 Å². The van der Waals surface area contributed by atoms with E-state index in [-0.39, 0.29) is 29.0 Å². The largest absolute Gasteiger partial charge is 0.393 e. The van der Waals surface area contributed by atoms with Crippen molar-refractivity contribution in [3.8, 4) is 0 Å². The molecular weight excluding hydrogens is 488 g/mol. The maximum absolute atomic E-state index is 12.1. The first-order valence-corrected chi connectivity index (χ1v) is 16.5. The summed E-state index contributed by atoms with van der Waals surface area (Å²) in [6.07, 6.45) is 8.74. The molecule has 4 aliphatic rings. The Morgan fingerprint density at radius 1 is 0.973 bits per heavy atom. The molecule has 8 heteroatoms. The average Bonchev–Trinajstić information content (AvgIpc) is 3.17. The van der Waals surface area contributed by atoms with Crippen molar-refractivity contribution in [2.45, 2.75) is 117 Å². The van der Waals surface area contributed by atoms with Gasteiger partial charge >= 0.3 is 6.03 Å². The molecule has 37 heavy (non-hydrogen) atoms. The lowest BCUT2D eigenvalue weighted by Gasteiger charge is -2.64. The fourth-order valence-electron chi connectivity index (χ4n) is 9.83. The molecule has 0 aromatic heterocycles. The minimum absolute atomic E-state index is 0.181. The van der Waals surface area contributed by atoms with E-state index in [0.29, 0.717) is 42.1 Å². The molecule has 0 heterocycles. The Hall–Kier alpha value is -0.860. The molecule has 0 saturated heterocycles. The molecule has 11 atom stereocenters. The Balaban J connectivity index is 1.44. The molecule has 4 rings (SSSR count). The highest BCUT2D eigenvalue weighted by atomic mass is 32.2. The van der Waals surface area contributed by atoms with Crippen LogP contribution in [0.25, 0.3) is 0 Å². The van der Waals surface area contributed by atoms with Gasteiger partial charge in [-0.25, -0.2) is 17.9 Å². The second-order valence-electron chi connectivity index (χ2n) is 13.8. The smallest absolute Gasteiger partial charge is 0.328 e. The first-order valence-electron chi connectivity index (χ1n) is 14.9. The van der Waals surface area contributed by atoms with Crippen molar-refractivity contribution in [3.05, 3.63) is 0 Å². The van der Waals surface area contributed by atoms with Crippen LogP contribution in [-0.4, -0.2) is 48.7 Å². The van der Waals surface area contributed by atoms with Crippen molar-refractivity contribution in [3.63, 3.8) is 0 Å². The third-order valence-corrected chi connectivity index (χ3v) is 13.6. The summed E-state index contributed by atoms with van der Waals surface area (Å²) in [6.45, 7) is 13.0. The molecule has 214 valence electrons. The van der Waals surface area contributed by atoms with Crippen molar-refractivity contribution >= 4 is 16.1 Å². The maximum Gasteiger partial charge on any atom is 0.328 e. The van der Waals surface area contributed by atoms with Gasteiger partial charge in [0.1, 0.15) is 0 Å². The predicted molar refractivity (Wildman–Crippen MR) is 146 cm³/mol. The van der Waals surface area contributed by atoms with Gasteiger partial charge in [-0.1, -0.05) is 34.1 Å². The fraction of sp³-hybridized carbons (Fsp3) is 0.966. The number of sulfonamides is 1. The van der Waals surface area contributed by atoms with Crippen LogP contribution in [-0.2, 0) is 10.0 Å². The van der Waals surface area contributed by atoms with Crippen molar-refractivity contribution in [1.29, 1.82) is 0 Å². The number of aliphatic hydroxyl groups is 2. The Kier molecular flexibility index (Phi) is 8.35. The summed E-state index contributed by atoms with van der Waals surface area (Å²) in [5.74, 6) is 3.00. The van der Waals surface area contributed by atoms with Crippen LogP contribution in [0.15, 0.2) is 0 Å². The Morgan fingerprint density at radius 2 is 1.62 bits per heavy atom. The van der Waals surface area contributed by atoms with E-state index in [0.717, 1.165) is 51.4 Å². The van der Waals surface area contributed by atoms with Crippen LogP contribution < -0.4 is 10.0 Å². The minimum atomic E-state index is -3.63. The first kappa shape index (κ1) is 29.1.